The molecule has 168 valence electrons. The van der Waals surface area contributed by atoms with E-state index in [9.17, 15) is 15.5 Å². The van der Waals surface area contributed by atoms with Crippen molar-refractivity contribution in [2.45, 2.75) is 36.2 Å². The Kier molecular flexibility index (Phi) is 5.61. The van der Waals surface area contributed by atoms with Crippen LogP contribution in [0, 0.1) is 11.3 Å². The molecule has 0 spiro atoms. The summed E-state index contributed by atoms with van der Waals surface area (Å²) in [7, 11) is 3.48. The first-order valence-electron chi connectivity index (χ1n) is 10.2. The number of nitriles is 1. The number of rotatable bonds is 2. The number of fused-ring (bicyclic) bond motifs is 3. The van der Waals surface area contributed by atoms with Crippen LogP contribution in [0.5, 0.6) is 0 Å². The van der Waals surface area contributed by atoms with Crippen LogP contribution >= 0.6 is 35.0 Å². The summed E-state index contributed by atoms with van der Waals surface area (Å²) in [5, 5.41) is 31.4. The molecule has 2 aromatic heterocycles. The molecule has 10 heteroatoms. The molecule has 0 radical (unpaired) electrons. The number of hydrogen-bond donors (Lipinski definition) is 2. The summed E-state index contributed by atoms with van der Waals surface area (Å²) < 4.78 is 7.96. The smallest absolute Gasteiger partial charge is 0.193 e. The average Bonchev–Trinajstić information content (AvgIpc) is 3.37. The monoisotopic (exact) mass is 492 g/mol. The van der Waals surface area contributed by atoms with Gasteiger partial charge in [0, 0.05) is 30.5 Å². The fraction of sp³-hybridized carbons (Fsp3) is 0.409. The molecule has 0 saturated heterocycles. The molecule has 0 saturated carbocycles. The van der Waals surface area contributed by atoms with E-state index >= 15 is 0 Å². The molecule has 4 heterocycles. The van der Waals surface area contributed by atoms with E-state index < -0.39 is 12.6 Å². The molecule has 2 aliphatic heterocycles. The van der Waals surface area contributed by atoms with Crippen molar-refractivity contribution in [3.8, 4) is 6.07 Å². The largest absolute Gasteiger partial charge is 0.448 e. The Bertz CT molecular complexity index is 1180. The van der Waals surface area contributed by atoms with Crippen LogP contribution < -0.4 is 4.90 Å². The van der Waals surface area contributed by atoms with Gasteiger partial charge in [0.2, 0.25) is 0 Å². The normalized spacial score (nSPS) is 28.0. The van der Waals surface area contributed by atoms with E-state index in [1.807, 2.05) is 19.2 Å². The fourth-order valence-electron chi connectivity index (χ4n) is 4.84. The van der Waals surface area contributed by atoms with Crippen LogP contribution in [0.15, 0.2) is 34.3 Å². The van der Waals surface area contributed by atoms with E-state index in [2.05, 4.69) is 10.6 Å². The second-order valence-corrected chi connectivity index (χ2v) is 10.3. The van der Waals surface area contributed by atoms with E-state index in [-0.39, 0.29) is 10.6 Å². The first-order chi connectivity index (χ1) is 15.3. The van der Waals surface area contributed by atoms with E-state index in [0.717, 1.165) is 34.2 Å². The molecule has 0 fully saturated rings. The second-order valence-electron chi connectivity index (χ2n) is 8.16. The van der Waals surface area contributed by atoms with Gasteiger partial charge in [-0.15, -0.1) is 23.4 Å². The van der Waals surface area contributed by atoms with Gasteiger partial charge in [-0.25, -0.2) is 4.90 Å². The molecular formula is C22H22Cl2N4O3S. The molecular weight excluding hydrogens is 471 g/mol. The average molecular weight is 493 g/mol. The van der Waals surface area contributed by atoms with Crippen molar-refractivity contribution < 1.29 is 14.6 Å². The Morgan fingerprint density at radius 1 is 1.28 bits per heavy atom. The maximum Gasteiger partial charge on any atom is 0.193 e. The molecule has 0 aromatic carbocycles. The Morgan fingerprint density at radius 3 is 2.75 bits per heavy atom. The van der Waals surface area contributed by atoms with E-state index in [1.165, 1.54) is 4.90 Å². The van der Waals surface area contributed by atoms with Crippen molar-refractivity contribution in [2.24, 2.45) is 0 Å². The van der Waals surface area contributed by atoms with Gasteiger partial charge in [0.05, 0.1) is 28.5 Å². The topological polar surface area (TPSA) is 88.8 Å². The molecule has 7 nitrogen and oxygen atoms in total. The van der Waals surface area contributed by atoms with Gasteiger partial charge in [-0.1, -0.05) is 0 Å². The van der Waals surface area contributed by atoms with Gasteiger partial charge in [-0.05, 0) is 54.9 Å². The second kappa shape index (κ2) is 8.17. The fourth-order valence-corrected chi connectivity index (χ4v) is 6.51. The minimum absolute atomic E-state index is 0.161. The number of furan rings is 1. The predicted molar refractivity (Wildman–Crippen MR) is 126 cm³/mol. The summed E-state index contributed by atoms with van der Waals surface area (Å²) in [6, 6.07) is 5.78. The van der Waals surface area contributed by atoms with Gasteiger partial charge in [0.15, 0.2) is 11.6 Å². The number of alkyl halides is 1. The van der Waals surface area contributed by atoms with Crippen molar-refractivity contribution in [1.82, 2.24) is 9.47 Å². The van der Waals surface area contributed by atoms with Gasteiger partial charge < -0.3 is 24.1 Å². The van der Waals surface area contributed by atoms with Crippen LogP contribution in [0.1, 0.15) is 40.6 Å². The van der Waals surface area contributed by atoms with E-state index in [0.29, 0.717) is 29.3 Å². The lowest BCUT2D eigenvalue weighted by molar-refractivity contribution is -0.0943. The number of aliphatic hydroxyl groups is 2. The van der Waals surface area contributed by atoms with Crippen LogP contribution in [0.2, 0.25) is 5.22 Å². The first kappa shape index (κ1) is 22.0. The number of allylic oxidation sites excluding steroid dienone is 4. The molecule has 4 unspecified atom stereocenters. The van der Waals surface area contributed by atoms with Crippen LogP contribution in [-0.4, -0.2) is 51.3 Å². The standard InChI is InChI=1S/C22H22Cl2N4O3S/c1-26-18-16(21(29)27(2)22(26)30)17(12-7-11(10-25)8-13(23)9-12)28-5-6-32-20(19(18)28)14-3-4-15(24)31-14/h3-4,7-8,13,20-22,29-30H,5-6,9H2,1-2H3. The lowest BCUT2D eigenvalue weighted by atomic mass is 9.93. The highest BCUT2D eigenvalue weighted by molar-refractivity contribution is 7.99. The lowest BCUT2D eigenvalue weighted by Gasteiger charge is -2.42. The molecule has 4 atom stereocenters. The van der Waals surface area contributed by atoms with Crippen LogP contribution in [0.25, 0.3) is 5.57 Å². The quantitative estimate of drug-likeness (QED) is 0.610. The Morgan fingerprint density at radius 2 is 2.06 bits per heavy atom. The number of halogens is 2. The van der Waals surface area contributed by atoms with Crippen LogP contribution in [-0.2, 0) is 6.54 Å². The summed E-state index contributed by atoms with van der Waals surface area (Å²) in [6.07, 6.45) is 2.11. The van der Waals surface area contributed by atoms with Crippen molar-refractivity contribution in [3.05, 3.63) is 57.8 Å². The number of hydrogen-bond acceptors (Lipinski definition) is 7. The summed E-state index contributed by atoms with van der Waals surface area (Å²) in [5.74, 6) is 1.54. The number of anilines is 1. The number of thioether (sulfide) groups is 1. The molecule has 3 aliphatic rings. The van der Waals surface area contributed by atoms with Crippen LogP contribution in [0.4, 0.5) is 5.69 Å². The third kappa shape index (κ3) is 3.31. The van der Waals surface area contributed by atoms with Crippen molar-refractivity contribution in [1.29, 1.82) is 5.26 Å². The number of nitrogens with zero attached hydrogens (tertiary/aromatic N) is 4. The summed E-state index contributed by atoms with van der Waals surface area (Å²) in [5.41, 5.74) is 4.65. The maximum absolute atomic E-state index is 11.3. The van der Waals surface area contributed by atoms with Gasteiger partial charge >= 0.3 is 0 Å². The van der Waals surface area contributed by atoms with E-state index in [4.69, 9.17) is 27.6 Å². The first-order valence-corrected chi connectivity index (χ1v) is 12.1. The third-order valence-corrected chi connectivity index (χ3v) is 7.95. The number of aromatic nitrogens is 1. The molecule has 2 aromatic rings. The summed E-state index contributed by atoms with van der Waals surface area (Å²) in [6.45, 7) is 0.712. The highest BCUT2D eigenvalue weighted by Gasteiger charge is 2.44. The van der Waals surface area contributed by atoms with Crippen molar-refractivity contribution in [3.63, 3.8) is 0 Å². The Balaban J connectivity index is 1.80. The van der Waals surface area contributed by atoms with E-state index in [1.54, 1.807) is 35.9 Å². The molecule has 0 amide bonds. The van der Waals surface area contributed by atoms with Gasteiger partial charge in [0.1, 0.15) is 17.2 Å². The highest BCUT2D eigenvalue weighted by Crippen LogP contribution is 2.53. The minimum atomic E-state index is -1.03. The Labute approximate surface area is 200 Å². The summed E-state index contributed by atoms with van der Waals surface area (Å²) in [4.78, 5) is 3.27. The zero-order chi connectivity index (χ0) is 22.7. The van der Waals surface area contributed by atoms with Crippen LogP contribution in [0.3, 0.4) is 0 Å². The minimum Gasteiger partial charge on any atom is -0.448 e. The maximum atomic E-state index is 11.3. The van der Waals surface area contributed by atoms with Gasteiger partial charge in [0.25, 0.3) is 0 Å². The molecule has 32 heavy (non-hydrogen) atoms. The zero-order valence-corrected chi connectivity index (χ0v) is 19.8. The molecule has 2 N–H and O–H groups in total. The SMILES string of the molecule is CN1c2c(c(C3=CC(C#N)=CC(Cl)C3)n3c2C(c2ccc(Cl)o2)SCC3)C(O)N(C)C1O. The zero-order valence-electron chi connectivity index (χ0n) is 17.5. The molecule has 0 bridgehead atoms. The lowest BCUT2D eigenvalue weighted by Crippen LogP contribution is -2.50. The van der Waals surface area contributed by atoms with Gasteiger partial charge in [-0.2, -0.15) is 5.26 Å². The van der Waals surface area contributed by atoms with Gasteiger partial charge in [-0.3, -0.25) is 0 Å². The Hall–Kier alpha value is -1.86. The summed E-state index contributed by atoms with van der Waals surface area (Å²) >= 11 is 14.3. The number of aliphatic hydroxyl groups excluding tert-OH is 2. The van der Waals surface area contributed by atoms with Crippen molar-refractivity contribution >= 4 is 46.2 Å². The highest BCUT2D eigenvalue weighted by atomic mass is 35.5. The van der Waals surface area contributed by atoms with Crippen molar-refractivity contribution in [2.75, 3.05) is 24.7 Å². The molecule has 5 rings (SSSR count). The predicted octanol–water partition coefficient (Wildman–Crippen LogP) is 4.06. The third-order valence-electron chi connectivity index (χ3n) is 6.26. The molecule has 1 aliphatic carbocycles.